The molecule has 0 spiro atoms. The quantitative estimate of drug-likeness (QED) is 0.882. The molecule has 0 aliphatic carbocycles. The van der Waals surface area contributed by atoms with Crippen molar-refractivity contribution in [3.63, 3.8) is 0 Å². The Balaban J connectivity index is 1.51. The average molecular weight is 376 g/mol. The van der Waals surface area contributed by atoms with Crippen molar-refractivity contribution in [3.05, 3.63) is 30.1 Å². The van der Waals surface area contributed by atoms with Crippen LogP contribution in [0.15, 0.2) is 24.3 Å². The first kappa shape index (κ1) is 19.5. The van der Waals surface area contributed by atoms with Crippen LogP contribution in [-0.4, -0.2) is 73.0 Å². The van der Waals surface area contributed by atoms with Crippen molar-refractivity contribution < 1.29 is 14.0 Å². The van der Waals surface area contributed by atoms with Crippen LogP contribution in [0, 0.1) is 11.7 Å². The summed E-state index contributed by atoms with van der Waals surface area (Å²) in [5, 5.41) is 3.41. The van der Waals surface area contributed by atoms with E-state index < -0.39 is 0 Å². The maximum atomic E-state index is 13.1. The highest BCUT2D eigenvalue weighted by Crippen LogP contribution is 2.23. The van der Waals surface area contributed by atoms with Crippen LogP contribution < -0.4 is 5.32 Å². The molecule has 0 radical (unpaired) electrons. The minimum Gasteiger partial charge on any atom is -0.381 e. The smallest absolute Gasteiger partial charge is 0.319 e. The van der Waals surface area contributed by atoms with Gasteiger partial charge in [0, 0.05) is 57.9 Å². The van der Waals surface area contributed by atoms with Crippen LogP contribution in [0.4, 0.5) is 14.9 Å². The molecule has 0 saturated carbocycles. The minimum absolute atomic E-state index is 0.000725. The second kappa shape index (κ2) is 8.59. The zero-order valence-corrected chi connectivity index (χ0v) is 16.2. The van der Waals surface area contributed by atoms with Crippen molar-refractivity contribution in [2.75, 3.05) is 45.6 Å². The summed E-state index contributed by atoms with van der Waals surface area (Å²) >= 11 is 0. The van der Waals surface area contributed by atoms with E-state index in [9.17, 15) is 14.0 Å². The Morgan fingerprint density at radius 1 is 1.04 bits per heavy atom. The third kappa shape index (κ3) is 4.90. The lowest BCUT2D eigenvalue weighted by Gasteiger charge is -2.38. The van der Waals surface area contributed by atoms with Gasteiger partial charge in [-0.1, -0.05) is 0 Å². The molecule has 2 heterocycles. The molecular formula is C20H29FN4O2. The first-order chi connectivity index (χ1) is 12.9. The van der Waals surface area contributed by atoms with Gasteiger partial charge in [0.05, 0.1) is 0 Å². The molecule has 3 amide bonds. The van der Waals surface area contributed by atoms with E-state index in [2.05, 4.69) is 5.32 Å². The number of rotatable bonds is 3. The predicted molar refractivity (Wildman–Crippen MR) is 103 cm³/mol. The highest BCUT2D eigenvalue weighted by atomic mass is 19.1. The highest BCUT2D eigenvalue weighted by Gasteiger charge is 2.32. The molecule has 0 unspecified atom stereocenters. The molecule has 3 rings (SSSR count). The summed E-state index contributed by atoms with van der Waals surface area (Å²) in [4.78, 5) is 30.3. The normalized spacial score (nSPS) is 21.1. The van der Waals surface area contributed by atoms with Gasteiger partial charge in [-0.05, 0) is 49.9 Å². The first-order valence-corrected chi connectivity index (χ1v) is 9.71. The number of piperidine rings is 2. The van der Waals surface area contributed by atoms with Crippen LogP contribution >= 0.6 is 0 Å². The van der Waals surface area contributed by atoms with Gasteiger partial charge in [0.1, 0.15) is 5.82 Å². The predicted octanol–water partition coefficient (Wildman–Crippen LogP) is 2.62. The van der Waals surface area contributed by atoms with E-state index in [1.54, 1.807) is 31.1 Å². The number of carbonyl (C=O) groups is 2. The van der Waals surface area contributed by atoms with Gasteiger partial charge < -0.3 is 20.0 Å². The maximum absolute atomic E-state index is 13.1. The van der Waals surface area contributed by atoms with Gasteiger partial charge >= 0.3 is 6.03 Å². The lowest BCUT2D eigenvalue weighted by atomic mass is 9.94. The maximum Gasteiger partial charge on any atom is 0.319 e. The summed E-state index contributed by atoms with van der Waals surface area (Å²) in [5.41, 5.74) is 0.881. The summed E-state index contributed by atoms with van der Waals surface area (Å²) in [6, 6.07) is 6.54. The van der Waals surface area contributed by atoms with E-state index in [-0.39, 0.29) is 29.7 Å². The monoisotopic (exact) mass is 376 g/mol. The minimum atomic E-state index is -0.250. The fourth-order valence-corrected chi connectivity index (χ4v) is 3.94. The Morgan fingerprint density at radius 3 is 2.33 bits per heavy atom. The van der Waals surface area contributed by atoms with Crippen molar-refractivity contribution in [1.29, 1.82) is 0 Å². The summed E-state index contributed by atoms with van der Waals surface area (Å²) < 4.78 is 13.1. The Bertz CT molecular complexity index is 656. The van der Waals surface area contributed by atoms with Crippen LogP contribution in [0.1, 0.15) is 25.7 Å². The van der Waals surface area contributed by atoms with Crippen molar-refractivity contribution in [3.8, 4) is 0 Å². The fourth-order valence-electron chi connectivity index (χ4n) is 3.94. The Labute approximate surface area is 160 Å². The summed E-state index contributed by atoms with van der Waals surface area (Å²) in [6.45, 7) is 2.74. The number of anilines is 1. The molecule has 2 aliphatic rings. The molecule has 1 aromatic carbocycles. The number of halogens is 1. The van der Waals surface area contributed by atoms with Crippen LogP contribution in [0.3, 0.4) is 0 Å². The van der Waals surface area contributed by atoms with Gasteiger partial charge in [-0.15, -0.1) is 0 Å². The van der Waals surface area contributed by atoms with E-state index in [0.29, 0.717) is 19.6 Å². The average Bonchev–Trinajstić information content (AvgIpc) is 2.69. The van der Waals surface area contributed by atoms with Crippen molar-refractivity contribution in [2.45, 2.75) is 31.7 Å². The zero-order valence-electron chi connectivity index (χ0n) is 16.2. The van der Waals surface area contributed by atoms with Gasteiger partial charge in [0.15, 0.2) is 0 Å². The zero-order chi connectivity index (χ0) is 19.4. The van der Waals surface area contributed by atoms with Crippen LogP contribution in [-0.2, 0) is 4.79 Å². The van der Waals surface area contributed by atoms with Gasteiger partial charge in [0.25, 0.3) is 0 Å². The Morgan fingerprint density at radius 2 is 1.70 bits per heavy atom. The third-order valence-electron chi connectivity index (χ3n) is 5.45. The second-order valence-corrected chi connectivity index (χ2v) is 7.71. The van der Waals surface area contributed by atoms with E-state index in [4.69, 9.17) is 0 Å². The number of carbonyl (C=O) groups excluding carboxylic acids is 2. The fraction of sp³-hybridized carbons (Fsp3) is 0.600. The molecule has 148 valence electrons. The topological polar surface area (TPSA) is 55.9 Å². The standard InChI is InChI=1S/C20H29FN4O2/c1-23(2)20(27)24-12-9-15(10-13-24)19(26)25-11-3-4-18(14-25)22-17-7-5-16(21)6-8-17/h5-8,15,18,22H,3-4,9-14H2,1-2H3/t18-/m0/s1. The van der Waals surface area contributed by atoms with Crippen LogP contribution in [0.2, 0.25) is 0 Å². The van der Waals surface area contributed by atoms with Crippen molar-refractivity contribution in [2.24, 2.45) is 5.92 Å². The molecule has 27 heavy (non-hydrogen) atoms. The van der Waals surface area contributed by atoms with Crippen LogP contribution in [0.25, 0.3) is 0 Å². The van der Waals surface area contributed by atoms with Gasteiger partial charge in [0.2, 0.25) is 5.91 Å². The van der Waals surface area contributed by atoms with E-state index in [1.807, 2.05) is 9.80 Å². The molecule has 7 heteroatoms. The number of nitrogens with zero attached hydrogens (tertiary/aromatic N) is 3. The first-order valence-electron chi connectivity index (χ1n) is 9.71. The molecule has 2 aliphatic heterocycles. The van der Waals surface area contributed by atoms with E-state index in [0.717, 1.165) is 37.9 Å². The van der Waals surface area contributed by atoms with Crippen LogP contribution in [0.5, 0.6) is 0 Å². The number of hydrogen-bond acceptors (Lipinski definition) is 3. The highest BCUT2D eigenvalue weighted by molar-refractivity contribution is 5.80. The number of likely N-dealkylation sites (tertiary alicyclic amines) is 2. The number of benzene rings is 1. The SMILES string of the molecule is CN(C)C(=O)N1CCC(C(=O)N2CCC[C@H](Nc3ccc(F)cc3)C2)CC1. The number of hydrogen-bond donors (Lipinski definition) is 1. The molecule has 0 bridgehead atoms. The van der Waals surface area contributed by atoms with Crippen molar-refractivity contribution in [1.82, 2.24) is 14.7 Å². The largest absolute Gasteiger partial charge is 0.381 e. The van der Waals surface area contributed by atoms with Gasteiger partial charge in [-0.25, -0.2) is 9.18 Å². The summed E-state index contributed by atoms with van der Waals surface area (Å²) in [5.74, 6) is -0.0431. The molecule has 2 fully saturated rings. The lowest BCUT2D eigenvalue weighted by molar-refractivity contribution is -0.138. The van der Waals surface area contributed by atoms with Crippen molar-refractivity contribution >= 4 is 17.6 Å². The second-order valence-electron chi connectivity index (χ2n) is 7.71. The molecule has 1 N–H and O–H groups in total. The Hall–Kier alpha value is -2.31. The molecule has 0 aromatic heterocycles. The molecule has 2 saturated heterocycles. The summed E-state index contributed by atoms with van der Waals surface area (Å²) in [6.07, 6.45) is 3.41. The molecule has 6 nitrogen and oxygen atoms in total. The molecule has 1 aromatic rings. The van der Waals surface area contributed by atoms with Gasteiger partial charge in [-0.2, -0.15) is 0 Å². The Kier molecular flexibility index (Phi) is 6.19. The van der Waals surface area contributed by atoms with Gasteiger partial charge in [-0.3, -0.25) is 4.79 Å². The third-order valence-corrected chi connectivity index (χ3v) is 5.45. The summed E-state index contributed by atoms with van der Waals surface area (Å²) in [7, 11) is 3.50. The number of nitrogens with one attached hydrogen (secondary N) is 1. The number of amides is 3. The number of urea groups is 1. The molecular weight excluding hydrogens is 347 g/mol. The lowest BCUT2D eigenvalue weighted by Crippen LogP contribution is -2.50. The van der Waals surface area contributed by atoms with E-state index in [1.165, 1.54) is 12.1 Å². The molecule has 1 atom stereocenters. The van der Waals surface area contributed by atoms with E-state index >= 15 is 0 Å².